The number of aromatic nitrogens is 3. The van der Waals surface area contributed by atoms with Crippen LogP contribution in [0, 0.1) is 17.1 Å². The molecule has 0 radical (unpaired) electrons. The predicted octanol–water partition coefficient (Wildman–Crippen LogP) is 3.98. The van der Waals surface area contributed by atoms with E-state index >= 15 is 4.39 Å². The summed E-state index contributed by atoms with van der Waals surface area (Å²) in [6, 6.07) is 26.0. The maximum absolute atomic E-state index is 15.2. The Bertz CT molecular complexity index is 2430. The van der Waals surface area contributed by atoms with Gasteiger partial charge in [0.15, 0.2) is 0 Å². The van der Waals surface area contributed by atoms with Gasteiger partial charge in [-0.05, 0) is 42.0 Å². The quantitative estimate of drug-likeness (QED) is 0.176. The first-order chi connectivity index (χ1) is 26.5. The minimum atomic E-state index is -1.56. The van der Waals surface area contributed by atoms with Gasteiger partial charge in [0, 0.05) is 25.0 Å². The number of nitriles is 1. The number of pyridine rings is 1. The number of esters is 3. The Labute approximate surface area is 310 Å². The van der Waals surface area contributed by atoms with Gasteiger partial charge in [0.25, 0.3) is 11.5 Å². The van der Waals surface area contributed by atoms with Crippen molar-refractivity contribution in [3.63, 3.8) is 0 Å². The fraction of sp³-hybridized carbons (Fsp3) is 0.179. The van der Waals surface area contributed by atoms with Gasteiger partial charge in [0.2, 0.25) is 17.6 Å². The number of halogens is 1. The SMILES string of the molecule is CC(=O)OC[C@H]1O[C@@H](n2cc(F)c(=O)n(C(=O)c3cccc(C(=O)Oc4nc(OC(=O)c5ccccc5)ccc4C#N)c3)c2=O)C[C@@H]1OCc1ccccc1. The van der Waals surface area contributed by atoms with Crippen LogP contribution in [0.25, 0.3) is 0 Å². The molecule has 0 spiro atoms. The predicted molar refractivity (Wildman–Crippen MR) is 187 cm³/mol. The van der Waals surface area contributed by atoms with Crippen molar-refractivity contribution < 1.29 is 47.3 Å². The third-order valence-corrected chi connectivity index (χ3v) is 8.22. The smallest absolute Gasteiger partial charge is 0.344 e. The minimum absolute atomic E-state index is 0.0444. The van der Waals surface area contributed by atoms with E-state index in [9.17, 15) is 34.0 Å². The summed E-state index contributed by atoms with van der Waals surface area (Å²) in [4.78, 5) is 81.5. The van der Waals surface area contributed by atoms with E-state index < -0.39 is 65.2 Å². The Hall–Kier alpha value is -7.09. The van der Waals surface area contributed by atoms with Crippen molar-refractivity contribution in [3.8, 4) is 17.8 Å². The van der Waals surface area contributed by atoms with Gasteiger partial charge in [-0.2, -0.15) is 19.2 Å². The number of carbonyl (C=O) groups is 4. The molecular weight excluding hydrogens is 719 g/mol. The summed E-state index contributed by atoms with van der Waals surface area (Å²) < 4.78 is 43.6. The lowest BCUT2D eigenvalue weighted by molar-refractivity contribution is -0.148. The number of ether oxygens (including phenoxy) is 5. The van der Waals surface area contributed by atoms with E-state index in [-0.39, 0.29) is 52.3 Å². The molecule has 15 nitrogen and oxygen atoms in total. The van der Waals surface area contributed by atoms with Crippen LogP contribution in [0.3, 0.4) is 0 Å². The van der Waals surface area contributed by atoms with E-state index in [1.54, 1.807) is 18.2 Å². The number of rotatable bonds is 11. The zero-order valence-corrected chi connectivity index (χ0v) is 28.8. The number of carbonyl (C=O) groups excluding carboxylic acids is 4. The molecule has 1 aliphatic rings. The van der Waals surface area contributed by atoms with Crippen molar-refractivity contribution in [2.24, 2.45) is 0 Å². The molecule has 1 aliphatic heterocycles. The molecule has 3 heterocycles. The number of hydrogen-bond acceptors (Lipinski definition) is 13. The van der Waals surface area contributed by atoms with E-state index in [1.807, 2.05) is 36.4 Å². The van der Waals surface area contributed by atoms with Crippen LogP contribution in [0.2, 0.25) is 0 Å². The fourth-order valence-corrected chi connectivity index (χ4v) is 5.53. The number of benzene rings is 3. The van der Waals surface area contributed by atoms with Crippen LogP contribution in [0.1, 0.15) is 61.8 Å². The molecule has 3 atom stereocenters. The molecule has 6 rings (SSSR count). The molecule has 1 fully saturated rings. The Kier molecular flexibility index (Phi) is 11.4. The summed E-state index contributed by atoms with van der Waals surface area (Å²) in [5, 5.41) is 9.56. The van der Waals surface area contributed by atoms with E-state index in [0.29, 0.717) is 6.20 Å². The maximum Gasteiger partial charge on any atom is 0.344 e. The second-order valence-corrected chi connectivity index (χ2v) is 12.0. The maximum atomic E-state index is 15.2. The molecule has 3 aromatic carbocycles. The zero-order valence-electron chi connectivity index (χ0n) is 28.8. The Morgan fingerprint density at radius 3 is 2.27 bits per heavy atom. The molecule has 0 N–H and O–H groups in total. The third-order valence-electron chi connectivity index (χ3n) is 8.22. The van der Waals surface area contributed by atoms with Crippen LogP contribution in [-0.4, -0.2) is 56.7 Å². The van der Waals surface area contributed by atoms with Gasteiger partial charge in [-0.3, -0.25) is 19.0 Å². The fourth-order valence-electron chi connectivity index (χ4n) is 5.53. The highest BCUT2D eigenvalue weighted by Crippen LogP contribution is 2.31. The first-order valence-electron chi connectivity index (χ1n) is 16.6. The average molecular weight is 749 g/mol. The number of hydrogen-bond donors (Lipinski definition) is 0. The van der Waals surface area contributed by atoms with Crippen molar-refractivity contribution in [2.45, 2.75) is 38.4 Å². The van der Waals surface area contributed by atoms with E-state index in [4.69, 9.17) is 23.7 Å². The van der Waals surface area contributed by atoms with Crippen LogP contribution in [0.4, 0.5) is 4.39 Å². The van der Waals surface area contributed by atoms with Crippen molar-refractivity contribution in [2.75, 3.05) is 6.61 Å². The molecule has 0 unspecified atom stereocenters. The van der Waals surface area contributed by atoms with Crippen molar-refractivity contribution >= 4 is 23.8 Å². The molecule has 2 aromatic heterocycles. The summed E-state index contributed by atoms with van der Waals surface area (Å²) >= 11 is 0. The van der Waals surface area contributed by atoms with Gasteiger partial charge in [-0.25, -0.2) is 14.4 Å². The minimum Gasteiger partial charge on any atom is -0.463 e. The van der Waals surface area contributed by atoms with E-state index in [1.165, 1.54) is 49.4 Å². The van der Waals surface area contributed by atoms with Crippen LogP contribution < -0.4 is 20.7 Å². The molecule has 5 aromatic rings. The zero-order chi connectivity index (χ0) is 39.1. The van der Waals surface area contributed by atoms with Gasteiger partial charge in [-0.15, -0.1) is 0 Å². The van der Waals surface area contributed by atoms with Gasteiger partial charge >= 0.3 is 23.6 Å². The van der Waals surface area contributed by atoms with Gasteiger partial charge in [-0.1, -0.05) is 54.6 Å². The standard InChI is InChI=1S/C39H29FN4O11/c1-23(45)51-22-31-30(52-21-24-9-4-2-5-10-24)18-33(53-31)43-20-29(40)36(47)44(39(43)50)35(46)26-13-8-14-27(17-26)38(49)55-34-28(19-41)15-16-32(42-34)54-37(48)25-11-6-3-7-12-25/h2-17,20,30-31,33H,18,21-22H2,1H3/t30-,31+,33+/m0/s1. The van der Waals surface area contributed by atoms with E-state index in [0.717, 1.165) is 16.2 Å². The molecule has 0 amide bonds. The molecule has 55 heavy (non-hydrogen) atoms. The summed E-state index contributed by atoms with van der Waals surface area (Å²) in [7, 11) is 0. The topological polar surface area (TPSA) is 195 Å². The number of nitrogens with zero attached hydrogens (tertiary/aromatic N) is 4. The van der Waals surface area contributed by atoms with Crippen LogP contribution in [0.5, 0.6) is 11.8 Å². The molecule has 0 bridgehead atoms. The van der Waals surface area contributed by atoms with Crippen LogP contribution in [0.15, 0.2) is 113 Å². The Balaban J connectivity index is 1.23. The third kappa shape index (κ3) is 8.76. The monoisotopic (exact) mass is 748 g/mol. The highest BCUT2D eigenvalue weighted by Gasteiger charge is 2.39. The first-order valence-corrected chi connectivity index (χ1v) is 16.6. The largest absolute Gasteiger partial charge is 0.463 e. The Morgan fingerprint density at radius 1 is 0.891 bits per heavy atom. The lowest BCUT2D eigenvalue weighted by Gasteiger charge is -2.18. The lowest BCUT2D eigenvalue weighted by atomic mass is 10.1. The molecule has 0 aliphatic carbocycles. The van der Waals surface area contributed by atoms with Crippen LogP contribution >= 0.6 is 0 Å². The summed E-state index contributed by atoms with van der Waals surface area (Å²) in [6.45, 7) is 1.09. The molecule has 0 saturated carbocycles. The summed E-state index contributed by atoms with van der Waals surface area (Å²) in [6.07, 6.45) is -2.31. The van der Waals surface area contributed by atoms with Gasteiger partial charge in [0.05, 0.1) is 30.0 Å². The highest BCUT2D eigenvalue weighted by atomic mass is 19.1. The van der Waals surface area contributed by atoms with Gasteiger partial charge in [0.1, 0.15) is 30.6 Å². The average Bonchev–Trinajstić information content (AvgIpc) is 3.61. The van der Waals surface area contributed by atoms with Crippen LogP contribution in [-0.2, 0) is 25.6 Å². The van der Waals surface area contributed by atoms with Crippen molar-refractivity contribution in [1.82, 2.24) is 14.1 Å². The molecular formula is C39H29FN4O11. The molecule has 278 valence electrons. The molecule has 1 saturated heterocycles. The summed E-state index contributed by atoms with van der Waals surface area (Å²) in [5.41, 5.74) is -2.62. The van der Waals surface area contributed by atoms with E-state index in [2.05, 4.69) is 4.98 Å². The summed E-state index contributed by atoms with van der Waals surface area (Å²) in [5.74, 6) is -6.00. The first kappa shape index (κ1) is 37.7. The Morgan fingerprint density at radius 2 is 1.56 bits per heavy atom. The molecule has 16 heteroatoms. The van der Waals surface area contributed by atoms with Crippen molar-refractivity contribution in [3.05, 3.63) is 158 Å². The lowest BCUT2D eigenvalue weighted by Crippen LogP contribution is -2.46. The van der Waals surface area contributed by atoms with Gasteiger partial charge < -0.3 is 23.7 Å². The second-order valence-electron chi connectivity index (χ2n) is 12.0. The highest BCUT2D eigenvalue weighted by molar-refractivity contribution is 5.99. The second kappa shape index (κ2) is 16.7. The normalized spacial score (nSPS) is 16.1. The van der Waals surface area contributed by atoms with Crippen molar-refractivity contribution in [1.29, 1.82) is 5.26 Å².